The van der Waals surface area contributed by atoms with Crippen LogP contribution in [0.25, 0.3) is 0 Å². The fraction of sp³-hybridized carbons (Fsp3) is 0.769. The Morgan fingerprint density at radius 1 is 1.47 bits per heavy atom. The van der Waals surface area contributed by atoms with Gasteiger partial charge in [-0.2, -0.15) is 0 Å². The lowest BCUT2D eigenvalue weighted by Crippen LogP contribution is -2.47. The zero-order chi connectivity index (χ0) is 14.2. The molecule has 0 aromatic carbocycles. The van der Waals surface area contributed by atoms with Crippen LogP contribution in [0.2, 0.25) is 0 Å². The van der Waals surface area contributed by atoms with E-state index in [0.717, 1.165) is 17.7 Å². The first kappa shape index (κ1) is 13.8. The summed E-state index contributed by atoms with van der Waals surface area (Å²) in [5.74, 6) is -0.0200. The molecule has 1 saturated heterocycles. The molecule has 106 valence electrons. The summed E-state index contributed by atoms with van der Waals surface area (Å²) >= 11 is 0. The van der Waals surface area contributed by atoms with Crippen LogP contribution < -0.4 is 10.6 Å². The minimum absolute atomic E-state index is 0.195. The number of nitrogens with one attached hydrogen (secondary N) is 2. The molecule has 6 heteroatoms. The molecule has 0 spiro atoms. The van der Waals surface area contributed by atoms with Crippen molar-refractivity contribution in [2.24, 2.45) is 11.8 Å². The maximum absolute atomic E-state index is 12.3. The molecule has 0 bridgehead atoms. The van der Waals surface area contributed by atoms with Gasteiger partial charge in [0.25, 0.3) is 5.91 Å². The minimum Gasteiger partial charge on any atom is -0.354 e. The number of rotatable bonds is 5. The molecule has 2 rings (SSSR count). The molecule has 0 aromatic rings. The van der Waals surface area contributed by atoms with Gasteiger partial charge in [-0.1, -0.05) is 13.8 Å². The smallest absolute Gasteiger partial charge is 0.325 e. The summed E-state index contributed by atoms with van der Waals surface area (Å²) in [6.45, 7) is 6.06. The van der Waals surface area contributed by atoms with Gasteiger partial charge in [-0.3, -0.25) is 14.5 Å². The summed E-state index contributed by atoms with van der Waals surface area (Å²) in [7, 11) is 0. The van der Waals surface area contributed by atoms with Crippen molar-refractivity contribution < 1.29 is 14.4 Å². The summed E-state index contributed by atoms with van der Waals surface area (Å²) in [5, 5.41) is 5.43. The maximum Gasteiger partial charge on any atom is 0.325 e. The van der Waals surface area contributed by atoms with Crippen LogP contribution in [0.4, 0.5) is 4.79 Å². The summed E-state index contributed by atoms with van der Waals surface area (Å²) in [6, 6.07) is -0.459. The number of urea groups is 1. The fourth-order valence-corrected chi connectivity index (χ4v) is 2.31. The van der Waals surface area contributed by atoms with Crippen LogP contribution in [0.5, 0.6) is 0 Å². The van der Waals surface area contributed by atoms with E-state index in [4.69, 9.17) is 0 Å². The van der Waals surface area contributed by atoms with Crippen LogP contribution in [0, 0.1) is 11.8 Å². The minimum atomic E-state index is -0.810. The van der Waals surface area contributed by atoms with Gasteiger partial charge in [0.15, 0.2) is 0 Å². The van der Waals surface area contributed by atoms with Gasteiger partial charge in [0, 0.05) is 6.54 Å². The number of carbonyl (C=O) groups excluding carboxylic acids is 3. The standard InChI is InChI=1S/C13H21N3O3/c1-8(2)6-14-10(17)7-16-11(18)13(3,9-4-5-9)15-12(16)19/h8-9H,4-7H2,1-3H3,(H,14,17)(H,15,19)/t13-/m1/s1. The van der Waals surface area contributed by atoms with Gasteiger partial charge in [-0.25, -0.2) is 4.79 Å². The zero-order valence-corrected chi connectivity index (χ0v) is 11.7. The lowest BCUT2D eigenvalue weighted by molar-refractivity contribution is -0.135. The van der Waals surface area contributed by atoms with Crippen LogP contribution in [0.3, 0.4) is 0 Å². The van der Waals surface area contributed by atoms with Crippen LogP contribution in [-0.2, 0) is 9.59 Å². The van der Waals surface area contributed by atoms with Crippen LogP contribution >= 0.6 is 0 Å². The number of imide groups is 1. The van der Waals surface area contributed by atoms with Crippen molar-refractivity contribution in [2.75, 3.05) is 13.1 Å². The summed E-state index contributed by atoms with van der Waals surface area (Å²) < 4.78 is 0. The van der Waals surface area contributed by atoms with Crippen LogP contribution in [-0.4, -0.2) is 41.4 Å². The summed E-state index contributed by atoms with van der Waals surface area (Å²) in [6.07, 6.45) is 1.91. The highest BCUT2D eigenvalue weighted by molar-refractivity contribution is 6.09. The van der Waals surface area contributed by atoms with E-state index in [-0.39, 0.29) is 24.3 Å². The van der Waals surface area contributed by atoms with E-state index in [0.29, 0.717) is 12.5 Å². The van der Waals surface area contributed by atoms with Crippen molar-refractivity contribution in [1.29, 1.82) is 0 Å². The third-order valence-corrected chi connectivity index (χ3v) is 3.70. The van der Waals surface area contributed by atoms with Crippen molar-refractivity contribution in [3.63, 3.8) is 0 Å². The number of carbonyl (C=O) groups is 3. The SMILES string of the molecule is CC(C)CNC(=O)CN1C(=O)N[C@](C)(C2CC2)C1=O. The molecule has 19 heavy (non-hydrogen) atoms. The molecule has 1 atom stereocenters. The van der Waals surface area contributed by atoms with Crippen molar-refractivity contribution in [3.8, 4) is 0 Å². The lowest BCUT2D eigenvalue weighted by Gasteiger charge is -2.20. The highest BCUT2D eigenvalue weighted by atomic mass is 16.2. The Bertz CT molecular complexity index is 417. The second-order valence-corrected chi connectivity index (χ2v) is 6.00. The van der Waals surface area contributed by atoms with Gasteiger partial charge >= 0.3 is 6.03 Å². The monoisotopic (exact) mass is 267 g/mol. The molecular weight excluding hydrogens is 246 g/mol. The van der Waals surface area contributed by atoms with E-state index in [1.807, 2.05) is 13.8 Å². The average molecular weight is 267 g/mol. The fourth-order valence-electron chi connectivity index (χ4n) is 2.31. The Hall–Kier alpha value is -1.59. The molecule has 2 aliphatic rings. The normalized spacial score (nSPS) is 26.8. The second-order valence-electron chi connectivity index (χ2n) is 6.00. The third kappa shape index (κ3) is 2.72. The summed E-state index contributed by atoms with van der Waals surface area (Å²) in [5.41, 5.74) is -0.810. The Morgan fingerprint density at radius 2 is 2.11 bits per heavy atom. The van der Waals surface area contributed by atoms with Gasteiger partial charge in [0.1, 0.15) is 12.1 Å². The van der Waals surface area contributed by atoms with Gasteiger partial charge in [0.2, 0.25) is 5.91 Å². The van der Waals surface area contributed by atoms with Gasteiger partial charge in [-0.05, 0) is 31.6 Å². The molecule has 0 unspecified atom stereocenters. The van der Waals surface area contributed by atoms with Crippen molar-refractivity contribution in [1.82, 2.24) is 15.5 Å². The van der Waals surface area contributed by atoms with Crippen molar-refractivity contribution in [3.05, 3.63) is 0 Å². The molecule has 1 saturated carbocycles. The highest BCUT2D eigenvalue weighted by Crippen LogP contribution is 2.42. The van der Waals surface area contributed by atoms with E-state index in [2.05, 4.69) is 10.6 Å². The Morgan fingerprint density at radius 3 is 2.63 bits per heavy atom. The first-order valence-corrected chi connectivity index (χ1v) is 6.75. The van der Waals surface area contributed by atoms with E-state index in [1.165, 1.54) is 0 Å². The summed E-state index contributed by atoms with van der Waals surface area (Å²) in [4.78, 5) is 36.8. The molecule has 1 aliphatic carbocycles. The van der Waals surface area contributed by atoms with Crippen LogP contribution in [0.15, 0.2) is 0 Å². The molecular formula is C13H21N3O3. The maximum atomic E-state index is 12.3. The lowest BCUT2D eigenvalue weighted by atomic mass is 9.96. The highest BCUT2D eigenvalue weighted by Gasteiger charge is 2.56. The van der Waals surface area contributed by atoms with E-state index < -0.39 is 11.6 Å². The molecule has 0 radical (unpaired) electrons. The molecule has 6 nitrogen and oxygen atoms in total. The largest absolute Gasteiger partial charge is 0.354 e. The first-order valence-electron chi connectivity index (χ1n) is 6.75. The predicted octanol–water partition coefficient (Wildman–Crippen LogP) is 0.479. The van der Waals surface area contributed by atoms with Gasteiger partial charge in [-0.15, -0.1) is 0 Å². The predicted molar refractivity (Wildman–Crippen MR) is 69.2 cm³/mol. The zero-order valence-electron chi connectivity index (χ0n) is 11.7. The molecule has 1 heterocycles. The average Bonchev–Trinajstić information content (AvgIpc) is 3.13. The molecule has 2 fully saturated rings. The van der Waals surface area contributed by atoms with E-state index >= 15 is 0 Å². The van der Waals surface area contributed by atoms with E-state index in [9.17, 15) is 14.4 Å². The first-order chi connectivity index (χ1) is 8.84. The molecule has 4 amide bonds. The quantitative estimate of drug-likeness (QED) is 0.711. The molecule has 2 N–H and O–H groups in total. The van der Waals surface area contributed by atoms with Gasteiger partial charge < -0.3 is 10.6 Å². The number of hydrogen-bond donors (Lipinski definition) is 2. The Kier molecular flexibility index (Phi) is 3.52. The third-order valence-electron chi connectivity index (χ3n) is 3.70. The number of hydrogen-bond acceptors (Lipinski definition) is 3. The number of amides is 4. The van der Waals surface area contributed by atoms with Gasteiger partial charge in [0.05, 0.1) is 0 Å². The van der Waals surface area contributed by atoms with Crippen molar-refractivity contribution in [2.45, 2.75) is 39.2 Å². The van der Waals surface area contributed by atoms with E-state index in [1.54, 1.807) is 6.92 Å². The number of nitrogens with zero attached hydrogens (tertiary/aromatic N) is 1. The van der Waals surface area contributed by atoms with Crippen molar-refractivity contribution >= 4 is 17.8 Å². The topological polar surface area (TPSA) is 78.5 Å². The molecule has 1 aliphatic heterocycles. The second kappa shape index (κ2) is 4.83. The van der Waals surface area contributed by atoms with Crippen LogP contribution in [0.1, 0.15) is 33.6 Å². The Labute approximate surface area is 112 Å². The molecule has 0 aromatic heterocycles. The Balaban J connectivity index is 1.95.